The van der Waals surface area contributed by atoms with Crippen molar-refractivity contribution in [1.82, 2.24) is 35.1 Å². The number of amides is 1. The third-order valence-corrected chi connectivity index (χ3v) is 6.28. The number of H-pyrrole nitrogens is 2. The molecule has 39 heavy (non-hydrogen) atoms. The molecule has 0 bridgehead atoms. The van der Waals surface area contributed by atoms with E-state index in [1.54, 1.807) is 37.1 Å². The second kappa shape index (κ2) is 9.93. The minimum atomic E-state index is -0.418. The topological polar surface area (TPSA) is 134 Å². The summed E-state index contributed by atoms with van der Waals surface area (Å²) < 4.78 is 19.5. The molecule has 0 spiro atoms. The smallest absolute Gasteiger partial charge is 0.224 e. The van der Waals surface area contributed by atoms with Crippen molar-refractivity contribution in [3.63, 3.8) is 0 Å². The van der Waals surface area contributed by atoms with Gasteiger partial charge in [-0.25, -0.2) is 9.37 Å². The van der Waals surface area contributed by atoms with Crippen molar-refractivity contribution >= 4 is 33.5 Å². The Kier molecular flexibility index (Phi) is 6.16. The van der Waals surface area contributed by atoms with E-state index in [4.69, 9.17) is 9.72 Å². The number of benzene rings is 1. The van der Waals surface area contributed by atoms with Crippen LogP contribution >= 0.6 is 0 Å². The van der Waals surface area contributed by atoms with Gasteiger partial charge in [-0.15, -0.1) is 0 Å². The molecule has 0 aliphatic rings. The Labute approximate surface area is 221 Å². The SMILES string of the molecule is CCCC(=O)Nc1cncc(-c2cc3c(-c4nc5c(-c6cc(F)cc(OC)c6)cncc5[nH]4)n[nH]c3cn2)c1. The van der Waals surface area contributed by atoms with Gasteiger partial charge in [-0.2, -0.15) is 5.10 Å². The van der Waals surface area contributed by atoms with Crippen LogP contribution in [0.4, 0.5) is 10.1 Å². The number of methoxy groups -OCH3 is 1. The molecular formula is C28H23FN8O2. The molecule has 194 valence electrons. The van der Waals surface area contributed by atoms with Gasteiger partial charge >= 0.3 is 0 Å². The molecule has 11 heteroatoms. The van der Waals surface area contributed by atoms with Gasteiger partial charge in [0.1, 0.15) is 17.3 Å². The van der Waals surface area contributed by atoms with Gasteiger partial charge in [-0.3, -0.25) is 24.8 Å². The molecule has 5 heterocycles. The van der Waals surface area contributed by atoms with Crippen LogP contribution in [-0.2, 0) is 4.79 Å². The lowest BCUT2D eigenvalue weighted by Gasteiger charge is -2.06. The maximum absolute atomic E-state index is 14.2. The minimum Gasteiger partial charge on any atom is -0.497 e. The number of anilines is 1. The normalized spacial score (nSPS) is 11.3. The number of fused-ring (bicyclic) bond motifs is 2. The number of aromatic nitrogens is 7. The Bertz CT molecular complexity index is 1840. The first-order valence-corrected chi connectivity index (χ1v) is 12.3. The Morgan fingerprint density at radius 2 is 1.87 bits per heavy atom. The summed E-state index contributed by atoms with van der Waals surface area (Å²) in [6.07, 6.45) is 9.49. The molecule has 6 rings (SSSR count). The van der Waals surface area contributed by atoms with Gasteiger partial charge in [0.25, 0.3) is 0 Å². The molecule has 0 unspecified atom stereocenters. The van der Waals surface area contributed by atoms with E-state index in [0.29, 0.717) is 57.2 Å². The number of halogens is 1. The molecule has 0 aliphatic carbocycles. The third-order valence-electron chi connectivity index (χ3n) is 6.28. The highest BCUT2D eigenvalue weighted by Gasteiger charge is 2.17. The van der Waals surface area contributed by atoms with E-state index in [0.717, 1.165) is 22.9 Å². The third kappa shape index (κ3) is 4.65. The summed E-state index contributed by atoms with van der Waals surface area (Å²) in [4.78, 5) is 33.3. The van der Waals surface area contributed by atoms with Crippen LogP contribution in [0.15, 0.2) is 61.3 Å². The van der Waals surface area contributed by atoms with Gasteiger partial charge < -0.3 is 15.0 Å². The molecule has 1 aromatic carbocycles. The van der Waals surface area contributed by atoms with Crippen LogP contribution in [0.25, 0.3) is 55.8 Å². The Morgan fingerprint density at radius 3 is 2.72 bits per heavy atom. The summed E-state index contributed by atoms with van der Waals surface area (Å²) in [5.41, 5.74) is 5.88. The maximum Gasteiger partial charge on any atom is 0.224 e. The minimum absolute atomic E-state index is 0.0626. The molecule has 0 radical (unpaired) electrons. The van der Waals surface area contributed by atoms with E-state index < -0.39 is 5.82 Å². The molecule has 5 aromatic heterocycles. The lowest BCUT2D eigenvalue weighted by atomic mass is 10.1. The van der Waals surface area contributed by atoms with Gasteiger partial charge in [0, 0.05) is 41.4 Å². The van der Waals surface area contributed by atoms with Crippen molar-refractivity contribution in [2.75, 3.05) is 12.4 Å². The van der Waals surface area contributed by atoms with Crippen molar-refractivity contribution < 1.29 is 13.9 Å². The zero-order chi connectivity index (χ0) is 26.9. The van der Waals surface area contributed by atoms with Gasteiger partial charge in [-0.05, 0) is 36.2 Å². The predicted octanol–water partition coefficient (Wildman–Crippen LogP) is 5.51. The van der Waals surface area contributed by atoms with E-state index in [1.165, 1.54) is 19.2 Å². The molecule has 0 saturated carbocycles. The zero-order valence-electron chi connectivity index (χ0n) is 21.1. The molecule has 0 aliphatic heterocycles. The van der Waals surface area contributed by atoms with E-state index in [-0.39, 0.29) is 5.91 Å². The average Bonchev–Trinajstić information content (AvgIpc) is 3.56. The summed E-state index contributed by atoms with van der Waals surface area (Å²) in [7, 11) is 1.49. The van der Waals surface area contributed by atoms with Crippen molar-refractivity contribution in [3.05, 3.63) is 67.1 Å². The molecular weight excluding hydrogens is 499 g/mol. The number of ether oxygens (including phenoxy) is 1. The highest BCUT2D eigenvalue weighted by molar-refractivity contribution is 5.97. The summed E-state index contributed by atoms with van der Waals surface area (Å²) >= 11 is 0. The zero-order valence-corrected chi connectivity index (χ0v) is 21.1. The molecule has 1 amide bonds. The van der Waals surface area contributed by atoms with Crippen molar-refractivity contribution in [3.8, 4) is 39.7 Å². The molecule has 0 saturated heterocycles. The van der Waals surface area contributed by atoms with E-state index in [2.05, 4.69) is 35.5 Å². The molecule has 10 nitrogen and oxygen atoms in total. The number of pyridine rings is 3. The van der Waals surface area contributed by atoms with E-state index >= 15 is 0 Å². The highest BCUT2D eigenvalue weighted by Crippen LogP contribution is 2.33. The molecule has 0 fully saturated rings. The Balaban J connectivity index is 1.40. The second-order valence-corrected chi connectivity index (χ2v) is 9.00. The van der Waals surface area contributed by atoms with Crippen LogP contribution in [-0.4, -0.2) is 48.1 Å². The van der Waals surface area contributed by atoms with Crippen LogP contribution < -0.4 is 10.1 Å². The van der Waals surface area contributed by atoms with E-state index in [9.17, 15) is 9.18 Å². The van der Waals surface area contributed by atoms with Crippen LogP contribution in [0.1, 0.15) is 19.8 Å². The molecule has 0 atom stereocenters. The summed E-state index contributed by atoms with van der Waals surface area (Å²) in [6.45, 7) is 1.95. The summed E-state index contributed by atoms with van der Waals surface area (Å²) in [5.74, 6) is 0.440. The van der Waals surface area contributed by atoms with Crippen LogP contribution in [0, 0.1) is 5.82 Å². The highest BCUT2D eigenvalue weighted by atomic mass is 19.1. The number of nitrogens with zero attached hydrogens (tertiary/aromatic N) is 5. The van der Waals surface area contributed by atoms with Crippen molar-refractivity contribution in [2.24, 2.45) is 0 Å². The maximum atomic E-state index is 14.2. The van der Waals surface area contributed by atoms with Crippen molar-refractivity contribution in [2.45, 2.75) is 19.8 Å². The van der Waals surface area contributed by atoms with Crippen LogP contribution in [0.2, 0.25) is 0 Å². The lowest BCUT2D eigenvalue weighted by molar-refractivity contribution is -0.116. The van der Waals surface area contributed by atoms with Crippen molar-refractivity contribution in [1.29, 1.82) is 0 Å². The Hall–Kier alpha value is -5.19. The Morgan fingerprint density at radius 1 is 1.00 bits per heavy atom. The van der Waals surface area contributed by atoms with Gasteiger partial charge in [0.15, 0.2) is 5.82 Å². The summed E-state index contributed by atoms with van der Waals surface area (Å²) in [6, 6.07) is 8.21. The van der Waals surface area contributed by atoms with Gasteiger partial charge in [-0.1, -0.05) is 6.92 Å². The quantitative estimate of drug-likeness (QED) is 0.252. The standard InChI is InChI=1S/C28H23FN8O2/c1-3-4-25(38)33-18-6-16(10-30-11-18)22-9-20-23(14-32-22)36-37-27(20)28-34-24-13-31-12-21(26(24)35-28)15-5-17(29)8-19(7-15)39-2/h5-14H,3-4H2,1-2H3,(H,33,38)(H,34,35)(H,36,37). The number of rotatable bonds is 7. The number of carbonyl (C=O) groups excluding carboxylic acids is 1. The first-order valence-electron chi connectivity index (χ1n) is 12.3. The monoisotopic (exact) mass is 522 g/mol. The number of aromatic amines is 2. The average molecular weight is 523 g/mol. The summed E-state index contributed by atoms with van der Waals surface area (Å²) in [5, 5.41) is 11.1. The molecule has 6 aromatic rings. The number of imidazole rings is 1. The first kappa shape index (κ1) is 24.2. The van der Waals surface area contributed by atoms with Gasteiger partial charge in [0.05, 0.1) is 53.6 Å². The number of nitrogens with one attached hydrogen (secondary N) is 3. The van der Waals surface area contributed by atoms with Crippen LogP contribution in [0.3, 0.4) is 0 Å². The predicted molar refractivity (Wildman–Crippen MR) is 145 cm³/mol. The molecule has 3 N–H and O–H groups in total. The largest absolute Gasteiger partial charge is 0.497 e. The van der Waals surface area contributed by atoms with Crippen LogP contribution in [0.5, 0.6) is 5.75 Å². The number of hydrogen-bond acceptors (Lipinski definition) is 7. The van der Waals surface area contributed by atoms with Gasteiger partial charge in [0.2, 0.25) is 5.91 Å². The lowest BCUT2D eigenvalue weighted by Crippen LogP contribution is -2.10. The fourth-order valence-corrected chi connectivity index (χ4v) is 4.45. The fraction of sp³-hybridized carbons (Fsp3) is 0.143. The number of carbonyl (C=O) groups is 1. The second-order valence-electron chi connectivity index (χ2n) is 9.00. The first-order chi connectivity index (χ1) is 19.0. The van der Waals surface area contributed by atoms with E-state index in [1.807, 2.05) is 19.1 Å². The fourth-order valence-electron chi connectivity index (χ4n) is 4.45. The number of hydrogen-bond donors (Lipinski definition) is 3.